The summed E-state index contributed by atoms with van der Waals surface area (Å²) in [5.41, 5.74) is 7.67. The van der Waals surface area contributed by atoms with Crippen LogP contribution in [0.2, 0.25) is 5.02 Å². The molecule has 3 rings (SSSR count). The molecule has 0 atom stereocenters. The van der Waals surface area contributed by atoms with Crippen LogP contribution in [0.1, 0.15) is 20.8 Å². The monoisotopic (exact) mass is 544 g/mol. The van der Waals surface area contributed by atoms with E-state index in [0.717, 1.165) is 11.1 Å². The second-order valence-electron chi connectivity index (χ2n) is 7.20. The number of nitrogens with two attached hydrogens (primary N) is 1. The van der Waals surface area contributed by atoms with Crippen molar-refractivity contribution in [2.24, 2.45) is 5.73 Å². The van der Waals surface area contributed by atoms with Gasteiger partial charge in [-0.15, -0.1) is 11.3 Å². The van der Waals surface area contributed by atoms with Crippen LogP contribution in [0, 0.1) is 0 Å². The Balaban J connectivity index is 0.000000572. The summed E-state index contributed by atoms with van der Waals surface area (Å²) in [6, 6.07) is 16.9. The number of aliphatic carboxylic acids is 1. The van der Waals surface area contributed by atoms with Crippen LogP contribution in [0.3, 0.4) is 0 Å². The first-order valence-electron chi connectivity index (χ1n) is 10.4. The van der Waals surface area contributed by atoms with E-state index in [0.29, 0.717) is 47.6 Å². The molecule has 36 heavy (non-hydrogen) atoms. The van der Waals surface area contributed by atoms with Crippen LogP contribution in [0.25, 0.3) is 0 Å². The van der Waals surface area contributed by atoms with E-state index in [-0.39, 0.29) is 5.91 Å². The molecule has 0 aliphatic heterocycles. The lowest BCUT2D eigenvalue weighted by Gasteiger charge is -2.22. The van der Waals surface area contributed by atoms with Gasteiger partial charge in [0, 0.05) is 24.7 Å². The number of thiophene rings is 1. The number of methoxy groups -OCH3 is 1. The van der Waals surface area contributed by atoms with Crippen LogP contribution in [0.4, 0.5) is 13.2 Å². The number of carboxylic acids is 1. The quantitative estimate of drug-likeness (QED) is 0.383. The topological polar surface area (TPSA) is 102 Å². The van der Waals surface area contributed by atoms with Gasteiger partial charge in [0.2, 0.25) is 0 Å². The Bertz CT molecular complexity index is 1130. The highest BCUT2D eigenvalue weighted by atomic mass is 35.5. The standard InChI is InChI=1S/C22H23ClN2O3S.C2HF3O2/c1-27-20-13-17(14-25(11-10-24)22(26)21-3-2-12-29-21)6-9-19(20)28-15-16-4-7-18(23)8-5-16;3-2(4,5)1(6)7/h2-9,12-13H,10-11,14-15,24H2,1H3;(H,6,7). The number of amides is 1. The van der Waals surface area contributed by atoms with Crippen LogP contribution >= 0.6 is 22.9 Å². The van der Waals surface area contributed by atoms with Gasteiger partial charge in [0.25, 0.3) is 5.91 Å². The summed E-state index contributed by atoms with van der Waals surface area (Å²) in [7, 11) is 1.60. The first-order chi connectivity index (χ1) is 17.0. The summed E-state index contributed by atoms with van der Waals surface area (Å²) in [5, 5.41) is 9.71. The lowest BCUT2D eigenvalue weighted by atomic mass is 10.1. The van der Waals surface area contributed by atoms with Crippen molar-refractivity contribution >= 4 is 34.8 Å². The van der Waals surface area contributed by atoms with Crippen molar-refractivity contribution in [3.63, 3.8) is 0 Å². The molecule has 0 saturated heterocycles. The van der Waals surface area contributed by atoms with Gasteiger partial charge in [0.15, 0.2) is 11.5 Å². The first-order valence-corrected chi connectivity index (χ1v) is 11.7. The normalized spacial score (nSPS) is 10.7. The van der Waals surface area contributed by atoms with Crippen molar-refractivity contribution in [2.75, 3.05) is 20.2 Å². The van der Waals surface area contributed by atoms with Crippen molar-refractivity contribution in [3.8, 4) is 11.5 Å². The molecule has 0 bridgehead atoms. The van der Waals surface area contributed by atoms with Crippen LogP contribution in [0.15, 0.2) is 60.0 Å². The molecule has 2 aromatic carbocycles. The van der Waals surface area contributed by atoms with Crippen molar-refractivity contribution < 1.29 is 37.3 Å². The highest BCUT2D eigenvalue weighted by molar-refractivity contribution is 7.12. The minimum Gasteiger partial charge on any atom is -0.493 e. The summed E-state index contributed by atoms with van der Waals surface area (Å²) >= 11 is 7.34. The maximum Gasteiger partial charge on any atom is 0.490 e. The molecule has 0 spiro atoms. The Morgan fingerprint density at radius 3 is 2.25 bits per heavy atom. The zero-order chi connectivity index (χ0) is 26.7. The van der Waals surface area contributed by atoms with E-state index in [1.807, 2.05) is 60.0 Å². The van der Waals surface area contributed by atoms with Gasteiger partial charge in [0.1, 0.15) is 6.61 Å². The third-order valence-electron chi connectivity index (χ3n) is 4.57. The van der Waals surface area contributed by atoms with Crippen molar-refractivity contribution in [1.82, 2.24) is 4.90 Å². The number of benzene rings is 2. The SMILES string of the molecule is COc1cc(CN(CCN)C(=O)c2cccs2)ccc1OCc1ccc(Cl)cc1.O=C(O)C(F)(F)F. The molecule has 0 saturated carbocycles. The summed E-state index contributed by atoms with van der Waals surface area (Å²) in [5.74, 6) is -1.52. The van der Waals surface area contributed by atoms with E-state index < -0.39 is 12.1 Å². The first kappa shape index (κ1) is 29.0. The lowest BCUT2D eigenvalue weighted by molar-refractivity contribution is -0.192. The van der Waals surface area contributed by atoms with Gasteiger partial charge in [-0.1, -0.05) is 35.9 Å². The van der Waals surface area contributed by atoms with Gasteiger partial charge in [-0.2, -0.15) is 13.2 Å². The molecule has 1 heterocycles. The molecule has 12 heteroatoms. The van der Waals surface area contributed by atoms with Gasteiger partial charge in [-0.25, -0.2) is 4.79 Å². The van der Waals surface area contributed by atoms with Crippen LogP contribution in [-0.2, 0) is 17.9 Å². The van der Waals surface area contributed by atoms with Gasteiger partial charge in [0.05, 0.1) is 12.0 Å². The minimum atomic E-state index is -5.08. The fourth-order valence-corrected chi connectivity index (χ4v) is 3.67. The van der Waals surface area contributed by atoms with Gasteiger partial charge < -0.3 is 25.2 Å². The maximum absolute atomic E-state index is 12.7. The Kier molecular flexibility index (Phi) is 11.0. The average molecular weight is 545 g/mol. The fraction of sp³-hybridized carbons (Fsp3) is 0.250. The Hall–Kier alpha value is -3.28. The lowest BCUT2D eigenvalue weighted by Crippen LogP contribution is -2.34. The molecular weight excluding hydrogens is 521 g/mol. The largest absolute Gasteiger partial charge is 0.493 e. The number of halogens is 4. The summed E-state index contributed by atoms with van der Waals surface area (Å²) in [6.07, 6.45) is -5.08. The number of ether oxygens (including phenoxy) is 2. The number of carbonyl (C=O) groups is 2. The van der Waals surface area contributed by atoms with Crippen molar-refractivity contribution in [3.05, 3.63) is 81.0 Å². The van der Waals surface area contributed by atoms with Gasteiger partial charge in [-0.3, -0.25) is 4.79 Å². The molecule has 0 aliphatic rings. The summed E-state index contributed by atoms with van der Waals surface area (Å²) in [6.45, 7) is 1.73. The fourth-order valence-electron chi connectivity index (χ4n) is 2.86. The molecule has 194 valence electrons. The number of carbonyl (C=O) groups excluding carboxylic acids is 1. The number of nitrogens with zero attached hydrogens (tertiary/aromatic N) is 1. The number of rotatable bonds is 9. The predicted octanol–water partition coefficient (Wildman–Crippen LogP) is 5.22. The van der Waals surface area contributed by atoms with E-state index in [9.17, 15) is 18.0 Å². The smallest absolute Gasteiger partial charge is 0.490 e. The molecule has 0 aliphatic carbocycles. The molecule has 0 radical (unpaired) electrons. The highest BCUT2D eigenvalue weighted by Gasteiger charge is 2.38. The van der Waals surface area contributed by atoms with E-state index in [1.165, 1.54) is 11.3 Å². The average Bonchev–Trinajstić information content (AvgIpc) is 3.38. The van der Waals surface area contributed by atoms with Crippen LogP contribution < -0.4 is 15.2 Å². The zero-order valence-corrected chi connectivity index (χ0v) is 20.7. The molecule has 0 unspecified atom stereocenters. The minimum absolute atomic E-state index is 0.0209. The van der Waals surface area contributed by atoms with E-state index in [4.69, 9.17) is 36.7 Å². The highest BCUT2D eigenvalue weighted by Crippen LogP contribution is 2.30. The van der Waals surface area contributed by atoms with E-state index >= 15 is 0 Å². The number of hydrogen-bond acceptors (Lipinski definition) is 6. The molecule has 7 nitrogen and oxygen atoms in total. The molecule has 1 aromatic heterocycles. The van der Waals surface area contributed by atoms with Crippen molar-refractivity contribution in [1.29, 1.82) is 0 Å². The van der Waals surface area contributed by atoms with Crippen molar-refractivity contribution in [2.45, 2.75) is 19.3 Å². The Labute approximate surface area is 214 Å². The molecule has 3 aromatic rings. The number of hydrogen-bond donors (Lipinski definition) is 2. The molecular formula is C24H24ClF3N2O5S. The van der Waals surface area contributed by atoms with E-state index in [1.54, 1.807) is 12.0 Å². The number of carboxylic acid groups (broad SMARTS) is 1. The number of alkyl halides is 3. The van der Waals surface area contributed by atoms with Gasteiger partial charge >= 0.3 is 12.1 Å². The molecule has 0 fully saturated rings. The Morgan fingerprint density at radius 2 is 1.72 bits per heavy atom. The second kappa shape index (κ2) is 13.7. The van der Waals surface area contributed by atoms with Crippen LogP contribution in [0.5, 0.6) is 11.5 Å². The van der Waals surface area contributed by atoms with Crippen LogP contribution in [-0.4, -0.2) is 48.3 Å². The third kappa shape index (κ3) is 9.06. The summed E-state index contributed by atoms with van der Waals surface area (Å²) in [4.78, 5) is 24.1. The predicted molar refractivity (Wildman–Crippen MR) is 131 cm³/mol. The summed E-state index contributed by atoms with van der Waals surface area (Å²) < 4.78 is 43.1. The third-order valence-corrected chi connectivity index (χ3v) is 5.68. The van der Waals surface area contributed by atoms with Gasteiger partial charge in [-0.05, 0) is 46.8 Å². The molecule has 1 amide bonds. The molecule has 3 N–H and O–H groups in total. The maximum atomic E-state index is 12.7. The zero-order valence-electron chi connectivity index (χ0n) is 19.1. The van der Waals surface area contributed by atoms with E-state index in [2.05, 4.69) is 0 Å². The second-order valence-corrected chi connectivity index (χ2v) is 8.58. The Morgan fingerprint density at radius 1 is 1.08 bits per heavy atom.